The summed E-state index contributed by atoms with van der Waals surface area (Å²) in [6, 6.07) is 9.43. The molecule has 0 aliphatic carbocycles. The van der Waals surface area contributed by atoms with Gasteiger partial charge in [-0.25, -0.2) is 0 Å². The zero-order valence-corrected chi connectivity index (χ0v) is 13.6. The molecule has 128 valence electrons. The van der Waals surface area contributed by atoms with Crippen molar-refractivity contribution in [1.82, 2.24) is 0 Å². The molecule has 4 unspecified atom stereocenters. The van der Waals surface area contributed by atoms with E-state index >= 15 is 0 Å². The number of para-hydroxylation sites is 1. The number of Topliss-reactive ketones (excluding diaryl/α,β-unsaturated/α-hetero) is 1. The molecule has 6 heteroatoms. The number of ether oxygens (including phenoxy) is 2. The van der Waals surface area contributed by atoms with Crippen LogP contribution in [0.2, 0.25) is 0 Å². The Labute approximate surface area is 136 Å². The molecule has 0 amide bonds. The van der Waals surface area contributed by atoms with Crippen molar-refractivity contribution < 1.29 is 24.5 Å². The Kier molecular flexibility index (Phi) is 6.53. The van der Waals surface area contributed by atoms with Crippen LogP contribution in [-0.4, -0.2) is 60.8 Å². The second-order valence-corrected chi connectivity index (χ2v) is 5.82. The molecule has 1 aliphatic heterocycles. The summed E-state index contributed by atoms with van der Waals surface area (Å²) in [6.45, 7) is 2.09. The Morgan fingerprint density at radius 1 is 1.39 bits per heavy atom. The molecule has 6 nitrogen and oxygen atoms in total. The van der Waals surface area contributed by atoms with Gasteiger partial charge in [-0.3, -0.25) is 4.79 Å². The van der Waals surface area contributed by atoms with E-state index in [0.29, 0.717) is 6.42 Å². The van der Waals surface area contributed by atoms with Gasteiger partial charge in [0.05, 0.1) is 13.2 Å². The summed E-state index contributed by atoms with van der Waals surface area (Å²) in [5.74, 6) is -0.391. The predicted octanol–water partition coefficient (Wildman–Crippen LogP) is 0.955. The van der Waals surface area contributed by atoms with Crippen LogP contribution in [-0.2, 0) is 14.3 Å². The summed E-state index contributed by atoms with van der Waals surface area (Å²) < 4.78 is 10.9. The molecule has 0 radical (unpaired) electrons. The van der Waals surface area contributed by atoms with E-state index in [-0.39, 0.29) is 13.2 Å². The monoisotopic (exact) mass is 323 g/mol. The third-order valence-electron chi connectivity index (χ3n) is 3.90. The third-order valence-corrected chi connectivity index (χ3v) is 3.90. The maximum Gasteiger partial charge on any atom is 0.183 e. The Morgan fingerprint density at radius 3 is 2.74 bits per heavy atom. The topological polar surface area (TPSA) is 79.2 Å². The van der Waals surface area contributed by atoms with Gasteiger partial charge in [-0.1, -0.05) is 31.5 Å². The first-order valence-electron chi connectivity index (χ1n) is 7.95. The van der Waals surface area contributed by atoms with E-state index in [4.69, 9.17) is 9.47 Å². The summed E-state index contributed by atoms with van der Waals surface area (Å²) in [5, 5.41) is 20.2. The molecule has 1 fully saturated rings. The fourth-order valence-electron chi connectivity index (χ4n) is 2.56. The number of nitrogens with zero attached hydrogens (tertiary/aromatic N) is 1. The highest BCUT2D eigenvalue weighted by atomic mass is 16.7. The van der Waals surface area contributed by atoms with Gasteiger partial charge in [0.25, 0.3) is 0 Å². The maximum atomic E-state index is 12.3. The van der Waals surface area contributed by atoms with Crippen LogP contribution < -0.4 is 4.90 Å². The van der Waals surface area contributed by atoms with Gasteiger partial charge in [-0.2, -0.15) is 0 Å². The van der Waals surface area contributed by atoms with E-state index in [1.54, 1.807) is 11.9 Å². The number of ketones is 1. The molecule has 23 heavy (non-hydrogen) atoms. The van der Waals surface area contributed by atoms with Crippen molar-refractivity contribution in [3.8, 4) is 0 Å². The van der Waals surface area contributed by atoms with Gasteiger partial charge in [-0.05, 0) is 18.6 Å². The number of anilines is 1. The van der Waals surface area contributed by atoms with Crippen LogP contribution in [0.3, 0.4) is 0 Å². The highest BCUT2D eigenvalue weighted by molar-refractivity contribution is 5.87. The summed E-state index contributed by atoms with van der Waals surface area (Å²) >= 11 is 0. The van der Waals surface area contributed by atoms with Crippen LogP contribution in [0.4, 0.5) is 5.69 Å². The third kappa shape index (κ3) is 4.75. The van der Waals surface area contributed by atoms with E-state index in [1.807, 2.05) is 37.3 Å². The summed E-state index contributed by atoms with van der Waals surface area (Å²) in [7, 11) is 1.78. The molecular formula is C17H25NO5. The van der Waals surface area contributed by atoms with Gasteiger partial charge in [-0.15, -0.1) is 0 Å². The molecular weight excluding hydrogens is 298 g/mol. The Morgan fingerprint density at radius 2 is 2.09 bits per heavy atom. The predicted molar refractivity (Wildman–Crippen MR) is 86.3 cm³/mol. The van der Waals surface area contributed by atoms with Gasteiger partial charge < -0.3 is 24.6 Å². The lowest BCUT2D eigenvalue weighted by Crippen LogP contribution is -2.53. The van der Waals surface area contributed by atoms with Crippen molar-refractivity contribution in [2.45, 2.75) is 44.4 Å². The van der Waals surface area contributed by atoms with Gasteiger partial charge in [0.15, 0.2) is 12.1 Å². The molecule has 2 rings (SSSR count). The standard InChI is InChI=1S/C17H25NO5/c1-3-7-15-22-11-14(20)17(23-15)16(21)13(19)10-18(2)12-8-5-4-6-9-12/h4-6,8-9,14-17,20-21H,3,7,10-11H2,1-2H3. The second kappa shape index (κ2) is 8.40. The molecule has 1 aliphatic rings. The second-order valence-electron chi connectivity index (χ2n) is 5.82. The summed E-state index contributed by atoms with van der Waals surface area (Å²) in [4.78, 5) is 14.1. The molecule has 1 heterocycles. The number of carbonyl (C=O) groups is 1. The quantitative estimate of drug-likeness (QED) is 0.778. The normalized spacial score (nSPS) is 25.8. The van der Waals surface area contributed by atoms with Gasteiger partial charge in [0.1, 0.15) is 18.3 Å². The van der Waals surface area contributed by atoms with E-state index in [0.717, 1.165) is 12.1 Å². The van der Waals surface area contributed by atoms with Crippen LogP contribution >= 0.6 is 0 Å². The molecule has 1 aromatic carbocycles. The first kappa shape index (κ1) is 17.9. The average Bonchev–Trinajstić information content (AvgIpc) is 2.57. The van der Waals surface area contributed by atoms with E-state index in [2.05, 4.69) is 0 Å². The van der Waals surface area contributed by atoms with Gasteiger partial charge in [0.2, 0.25) is 0 Å². The molecule has 0 spiro atoms. The minimum Gasteiger partial charge on any atom is -0.388 e. The van der Waals surface area contributed by atoms with Crippen molar-refractivity contribution in [3.63, 3.8) is 0 Å². The lowest BCUT2D eigenvalue weighted by atomic mass is 10.0. The van der Waals surface area contributed by atoms with E-state index in [1.165, 1.54) is 0 Å². The van der Waals surface area contributed by atoms with Crippen molar-refractivity contribution in [1.29, 1.82) is 0 Å². The fraction of sp³-hybridized carbons (Fsp3) is 0.588. The number of aliphatic hydroxyl groups is 2. The highest BCUT2D eigenvalue weighted by Gasteiger charge is 2.38. The van der Waals surface area contributed by atoms with Crippen LogP contribution in [0, 0.1) is 0 Å². The van der Waals surface area contributed by atoms with Crippen LogP contribution in [0.5, 0.6) is 0 Å². The van der Waals surface area contributed by atoms with Gasteiger partial charge in [0, 0.05) is 12.7 Å². The number of aliphatic hydroxyl groups excluding tert-OH is 2. The van der Waals surface area contributed by atoms with Crippen LogP contribution in [0.1, 0.15) is 19.8 Å². The van der Waals surface area contributed by atoms with Crippen molar-refractivity contribution in [2.24, 2.45) is 0 Å². The number of likely N-dealkylation sites (N-methyl/N-ethyl adjacent to an activating group) is 1. The summed E-state index contributed by atoms with van der Waals surface area (Å²) in [5.41, 5.74) is 0.880. The Hall–Kier alpha value is -1.47. The Bertz CT molecular complexity index is 495. The molecule has 4 atom stereocenters. The molecule has 0 aromatic heterocycles. The molecule has 1 saturated heterocycles. The maximum absolute atomic E-state index is 12.3. The van der Waals surface area contributed by atoms with Crippen molar-refractivity contribution >= 4 is 11.5 Å². The largest absolute Gasteiger partial charge is 0.388 e. The van der Waals surface area contributed by atoms with E-state index in [9.17, 15) is 15.0 Å². The minimum absolute atomic E-state index is 0.0388. The van der Waals surface area contributed by atoms with Gasteiger partial charge >= 0.3 is 0 Å². The molecule has 0 bridgehead atoms. The number of benzene rings is 1. The SMILES string of the molecule is CCCC1OCC(O)C(C(O)C(=O)CN(C)c2ccccc2)O1. The zero-order chi connectivity index (χ0) is 16.8. The van der Waals surface area contributed by atoms with Crippen molar-refractivity contribution in [3.05, 3.63) is 30.3 Å². The molecule has 0 saturated carbocycles. The van der Waals surface area contributed by atoms with Crippen molar-refractivity contribution in [2.75, 3.05) is 25.1 Å². The number of hydrogen-bond acceptors (Lipinski definition) is 6. The number of hydrogen-bond donors (Lipinski definition) is 2. The molecule has 2 N–H and O–H groups in total. The first-order valence-corrected chi connectivity index (χ1v) is 7.95. The Balaban J connectivity index is 1.95. The minimum atomic E-state index is -1.38. The van der Waals surface area contributed by atoms with Crippen LogP contribution in [0.25, 0.3) is 0 Å². The summed E-state index contributed by atoms with van der Waals surface area (Å²) in [6.07, 6.45) is -2.30. The number of carbonyl (C=O) groups excluding carboxylic acids is 1. The highest BCUT2D eigenvalue weighted by Crippen LogP contribution is 2.20. The lowest BCUT2D eigenvalue weighted by molar-refractivity contribution is -0.269. The average molecular weight is 323 g/mol. The van der Waals surface area contributed by atoms with Crippen LogP contribution in [0.15, 0.2) is 30.3 Å². The first-order chi connectivity index (χ1) is 11.0. The van der Waals surface area contributed by atoms with E-state index < -0.39 is 30.4 Å². The lowest BCUT2D eigenvalue weighted by Gasteiger charge is -2.36. The fourth-order valence-corrected chi connectivity index (χ4v) is 2.56. The zero-order valence-electron chi connectivity index (χ0n) is 13.6. The number of rotatable bonds is 7. The smallest absolute Gasteiger partial charge is 0.183 e. The molecule has 1 aromatic rings.